The molecule has 336 valence electrons. The highest BCUT2D eigenvalue weighted by molar-refractivity contribution is 6.01. The van der Waals surface area contributed by atoms with Crippen LogP contribution < -0.4 is 14.8 Å². The number of fused-ring (bicyclic) bond motifs is 8. The van der Waals surface area contributed by atoms with Gasteiger partial charge in [-0.05, 0) is 157 Å². The lowest BCUT2D eigenvalue weighted by Gasteiger charge is -2.31. The number of anilines is 1. The molecule has 0 saturated heterocycles. The van der Waals surface area contributed by atoms with E-state index in [-0.39, 0.29) is 54.7 Å². The van der Waals surface area contributed by atoms with E-state index in [1.807, 2.05) is 48.5 Å². The van der Waals surface area contributed by atoms with Gasteiger partial charge in [0.15, 0.2) is 11.5 Å². The summed E-state index contributed by atoms with van der Waals surface area (Å²) < 4.78 is 18.8. The van der Waals surface area contributed by atoms with Crippen LogP contribution in [0.4, 0.5) is 5.69 Å². The maximum absolute atomic E-state index is 13.9. The van der Waals surface area contributed by atoms with Crippen LogP contribution in [0.5, 0.6) is 17.2 Å². The molecule has 5 atom stereocenters. The third-order valence-corrected chi connectivity index (χ3v) is 13.9. The van der Waals surface area contributed by atoms with Crippen LogP contribution >= 0.6 is 0 Å². The molecule has 3 aliphatic carbocycles. The van der Waals surface area contributed by atoms with E-state index in [1.165, 1.54) is 5.56 Å². The summed E-state index contributed by atoms with van der Waals surface area (Å²) in [7, 11) is 1.61. The molecule has 2 heterocycles. The second-order valence-corrected chi connectivity index (χ2v) is 18.5. The lowest BCUT2D eigenvalue weighted by molar-refractivity contribution is -0.121. The zero-order valence-corrected chi connectivity index (χ0v) is 37.5. The average molecular weight is 866 g/mol. The number of aryl methyl sites for hydroxylation is 2. The van der Waals surface area contributed by atoms with Crippen LogP contribution in [0.25, 0.3) is 16.8 Å². The minimum atomic E-state index is -0.708. The standard InChI is InChI=1S/C55H63NO8/c1-35-13-19-46-49-34-64-52-26-38(15-20-51(52)62-3)14-17-44(60)30-45(63-24-23-55(21-6-7-22-55)54-48(29-41(49)33-57)53(46)47(35)31-50(54)61)28-40-27-43(59)18-16-39(40)11-5-4-9-37-10-8-12-42(25-37)56-32-36(2)58/h8,10,12-13,15-16,18-20,25-27,29,31,35-36,39-40,45,56-59,61H,4-7,9,11,14,17,21-22,28,30,32-34H2,1-3H3/t35-,36+,39-,40+,45+/m1/s1. The van der Waals surface area contributed by atoms with E-state index < -0.39 is 17.6 Å². The second kappa shape index (κ2) is 20.0. The third kappa shape index (κ3) is 9.99. The highest BCUT2D eigenvalue weighted by Crippen LogP contribution is 2.51. The van der Waals surface area contributed by atoms with E-state index in [4.69, 9.17) is 14.2 Å². The van der Waals surface area contributed by atoms with Crippen molar-refractivity contribution in [1.29, 1.82) is 0 Å². The number of aromatic hydroxyl groups is 1. The molecule has 1 fully saturated rings. The van der Waals surface area contributed by atoms with Gasteiger partial charge in [0, 0.05) is 42.1 Å². The molecule has 9 heteroatoms. The number of hydrogen-bond acceptors (Lipinski definition) is 9. The molecule has 2 aliphatic heterocycles. The third-order valence-electron chi connectivity index (χ3n) is 13.9. The number of allylic oxidation sites excluding steroid dienone is 4. The Hall–Kier alpha value is -5.69. The number of rotatable bonds is 12. The monoisotopic (exact) mass is 865 g/mol. The highest BCUT2D eigenvalue weighted by atomic mass is 16.5. The van der Waals surface area contributed by atoms with Gasteiger partial charge >= 0.3 is 0 Å². The maximum Gasteiger partial charge on any atom is 0.161 e. The van der Waals surface area contributed by atoms with Crippen LogP contribution in [0.2, 0.25) is 0 Å². The number of ether oxygens (including phenoxy) is 3. The van der Waals surface area contributed by atoms with Gasteiger partial charge in [-0.1, -0.05) is 62.6 Å². The minimum Gasteiger partial charge on any atom is -0.508 e. The Morgan fingerprint density at radius 1 is 1.00 bits per heavy atom. The highest BCUT2D eigenvalue weighted by Gasteiger charge is 2.40. The van der Waals surface area contributed by atoms with E-state index in [9.17, 15) is 25.2 Å². The summed E-state index contributed by atoms with van der Waals surface area (Å²) in [4.78, 5) is 13.9. The van der Waals surface area contributed by atoms with Gasteiger partial charge in [-0.3, -0.25) is 4.79 Å². The summed E-state index contributed by atoms with van der Waals surface area (Å²) in [5.74, 6) is 5.30. The lowest BCUT2D eigenvalue weighted by Crippen LogP contribution is -2.25. The van der Waals surface area contributed by atoms with Crippen molar-refractivity contribution in [2.45, 2.75) is 128 Å². The number of unbranched alkanes of at least 4 members (excludes halogenated alkanes) is 1. The number of aliphatic hydroxyl groups excluding tert-OH is 3. The number of benzene rings is 4. The summed E-state index contributed by atoms with van der Waals surface area (Å²) in [5.41, 5.74) is 6.82. The Kier molecular flexibility index (Phi) is 14.0. The Balaban J connectivity index is 1.11. The molecule has 5 aliphatic rings. The van der Waals surface area contributed by atoms with Crippen molar-refractivity contribution in [2.24, 2.45) is 11.8 Å². The molecule has 1 saturated carbocycles. The molecular formula is C55H63NO8. The Morgan fingerprint density at radius 3 is 2.64 bits per heavy atom. The van der Waals surface area contributed by atoms with Crippen molar-refractivity contribution < 1.29 is 39.4 Å². The van der Waals surface area contributed by atoms with Crippen LogP contribution in [0.15, 0.2) is 84.7 Å². The Labute approximate surface area is 377 Å². The van der Waals surface area contributed by atoms with Crippen molar-refractivity contribution in [2.75, 3.05) is 19.0 Å². The summed E-state index contributed by atoms with van der Waals surface area (Å²) >= 11 is 0. The number of carbonyl (C=O) groups excluding carboxylic acids is 1. The second-order valence-electron chi connectivity index (χ2n) is 18.5. The van der Waals surface area contributed by atoms with Crippen molar-refractivity contribution in [1.82, 2.24) is 0 Å². The van der Waals surface area contributed by atoms with Gasteiger partial charge in [-0.25, -0.2) is 0 Å². The van der Waals surface area contributed by atoms with Crippen LogP contribution in [-0.2, 0) is 41.0 Å². The van der Waals surface area contributed by atoms with Crippen molar-refractivity contribution >= 4 is 28.3 Å². The van der Waals surface area contributed by atoms with Gasteiger partial charge in [0.05, 0.1) is 25.2 Å². The van der Waals surface area contributed by atoms with Crippen molar-refractivity contribution in [3.8, 4) is 29.3 Å². The van der Waals surface area contributed by atoms with Crippen molar-refractivity contribution in [3.63, 3.8) is 0 Å². The number of methoxy groups -OCH3 is 1. The molecule has 1 spiro atoms. The fraction of sp³-hybridized carbons (Fsp3) is 0.436. The molecule has 4 aromatic carbocycles. The first kappa shape index (κ1) is 44.9. The van der Waals surface area contributed by atoms with E-state index in [0.29, 0.717) is 37.3 Å². The molecule has 6 bridgehead atoms. The number of phenols is 1. The van der Waals surface area contributed by atoms with Crippen LogP contribution in [0.1, 0.15) is 123 Å². The first-order valence-corrected chi connectivity index (χ1v) is 23.3. The lowest BCUT2D eigenvalue weighted by atomic mass is 9.73. The van der Waals surface area contributed by atoms with Crippen molar-refractivity contribution in [3.05, 3.63) is 124 Å². The van der Waals surface area contributed by atoms with E-state index in [0.717, 1.165) is 101 Å². The summed E-state index contributed by atoms with van der Waals surface area (Å²) in [6.07, 6.45) is 20.9. The molecule has 4 aromatic rings. The summed E-state index contributed by atoms with van der Waals surface area (Å²) in [5, 5.41) is 48.6. The first-order valence-electron chi connectivity index (χ1n) is 23.3. The normalized spacial score (nSPS) is 21.9. The molecule has 9 nitrogen and oxygen atoms in total. The Bertz CT molecular complexity index is 2500. The van der Waals surface area contributed by atoms with Crippen LogP contribution in [-0.4, -0.2) is 52.1 Å². The molecule has 5 N–H and O–H groups in total. The smallest absolute Gasteiger partial charge is 0.161 e. The fourth-order valence-electron chi connectivity index (χ4n) is 10.5. The van der Waals surface area contributed by atoms with E-state index in [2.05, 4.69) is 54.6 Å². The zero-order chi connectivity index (χ0) is 44.8. The summed E-state index contributed by atoms with van der Waals surface area (Å²) in [6, 6.07) is 18.0. The molecule has 0 radical (unpaired) electrons. The zero-order valence-electron chi connectivity index (χ0n) is 37.5. The number of hydrogen-bond donors (Lipinski definition) is 5. The van der Waals surface area contributed by atoms with Gasteiger partial charge in [0.25, 0.3) is 0 Å². The molecule has 0 aromatic heterocycles. The maximum atomic E-state index is 13.9. The average Bonchev–Trinajstić information content (AvgIpc) is 3.76. The molecular weight excluding hydrogens is 803 g/mol. The van der Waals surface area contributed by atoms with E-state index in [1.54, 1.807) is 20.1 Å². The number of nitrogens with one attached hydrogen (secondary N) is 1. The van der Waals surface area contributed by atoms with Gasteiger partial charge in [0.1, 0.15) is 36.1 Å². The topological polar surface area (TPSA) is 138 Å². The van der Waals surface area contributed by atoms with Gasteiger partial charge in [0.2, 0.25) is 0 Å². The van der Waals surface area contributed by atoms with Gasteiger partial charge in [-0.2, -0.15) is 0 Å². The molecule has 0 unspecified atom stereocenters. The fourth-order valence-corrected chi connectivity index (χ4v) is 10.5. The molecule has 9 rings (SSSR count). The number of carbonyl (C=O) groups is 1. The molecule has 64 heavy (non-hydrogen) atoms. The van der Waals surface area contributed by atoms with Gasteiger partial charge < -0.3 is 40.0 Å². The van der Waals surface area contributed by atoms with Crippen LogP contribution in [0.3, 0.4) is 0 Å². The predicted molar refractivity (Wildman–Crippen MR) is 253 cm³/mol. The predicted octanol–water partition coefficient (Wildman–Crippen LogP) is 10.7. The summed E-state index contributed by atoms with van der Waals surface area (Å²) in [6.45, 7) is 4.37. The van der Waals surface area contributed by atoms with Crippen LogP contribution in [0, 0.1) is 23.9 Å². The largest absolute Gasteiger partial charge is 0.508 e. The first-order chi connectivity index (χ1) is 31.0. The SMILES string of the molecule is COc1ccc2cc1OCc1c(CO)cc3c(c(O)cc4c3c1C=C[C@H]4C)C1(C#CO[C@@H](C[C@@H]3C=C(O)C=C[C@H]3CCCCc3cccc(NC[C@H](C)O)c3)CC(=O)CC2)CCCC1. The number of Topliss-reactive ketones (excluding diaryl/α,β-unsaturated/α-hetero) is 1. The molecule has 0 amide bonds. The quantitative estimate of drug-likeness (QED) is 0.0696. The Morgan fingerprint density at radius 2 is 1.84 bits per heavy atom. The number of ketones is 1. The number of aliphatic hydroxyl groups is 3. The van der Waals surface area contributed by atoms with Gasteiger partial charge in [-0.15, -0.1) is 0 Å². The minimum absolute atomic E-state index is 0.0581. The number of phenolic OH excluding ortho intramolecular Hbond substituents is 1. The van der Waals surface area contributed by atoms with E-state index >= 15 is 0 Å².